The normalized spacial score (nSPS) is 16.7. The lowest BCUT2D eigenvalue weighted by molar-refractivity contribution is 0.0730. The lowest BCUT2D eigenvalue weighted by Gasteiger charge is -2.26. The first-order valence-corrected chi connectivity index (χ1v) is 12.0. The Labute approximate surface area is 185 Å². The van der Waals surface area contributed by atoms with Gasteiger partial charge in [-0.3, -0.25) is 4.79 Å². The highest BCUT2D eigenvalue weighted by molar-refractivity contribution is 7.89. The van der Waals surface area contributed by atoms with Crippen LogP contribution in [-0.4, -0.2) is 44.9 Å². The summed E-state index contributed by atoms with van der Waals surface area (Å²) < 4.78 is 32.6. The monoisotopic (exact) mass is 444 g/mol. The highest BCUT2D eigenvalue weighted by Crippen LogP contribution is 2.25. The number of amides is 1. The Kier molecular flexibility index (Phi) is 6.88. The third-order valence-electron chi connectivity index (χ3n) is 5.69. The van der Waals surface area contributed by atoms with Crippen molar-refractivity contribution < 1.29 is 17.9 Å². The average Bonchev–Trinajstić information content (AvgIpc) is 2.74. The molecule has 0 aliphatic carbocycles. The zero-order valence-corrected chi connectivity index (χ0v) is 19.8. The molecule has 168 valence electrons. The molecule has 1 aliphatic heterocycles. The fraction of sp³-hybridized carbons (Fsp3) is 0.458. The molecular weight excluding hydrogens is 412 g/mol. The van der Waals surface area contributed by atoms with Crippen LogP contribution in [-0.2, 0) is 20.2 Å². The second-order valence-electron chi connectivity index (χ2n) is 9.06. The van der Waals surface area contributed by atoms with Crippen molar-refractivity contribution in [3.63, 3.8) is 0 Å². The number of hydrogen-bond acceptors (Lipinski definition) is 4. The molecule has 1 unspecified atom stereocenters. The van der Waals surface area contributed by atoms with Crippen molar-refractivity contribution in [1.82, 2.24) is 9.62 Å². The van der Waals surface area contributed by atoms with Crippen LogP contribution in [0.2, 0.25) is 0 Å². The Morgan fingerprint density at radius 2 is 1.68 bits per heavy atom. The molecule has 1 fully saturated rings. The van der Waals surface area contributed by atoms with Gasteiger partial charge in [0.25, 0.3) is 5.91 Å². The first-order valence-electron chi connectivity index (χ1n) is 10.6. The van der Waals surface area contributed by atoms with Gasteiger partial charge in [-0.1, -0.05) is 51.1 Å². The molecule has 3 rings (SSSR count). The highest BCUT2D eigenvalue weighted by atomic mass is 32.2. The molecule has 1 saturated heterocycles. The second-order valence-corrected chi connectivity index (χ2v) is 11.0. The number of aryl methyl sites for hydroxylation is 1. The topological polar surface area (TPSA) is 75.7 Å². The molecule has 1 N–H and O–H groups in total. The van der Waals surface area contributed by atoms with Gasteiger partial charge in [-0.2, -0.15) is 4.31 Å². The summed E-state index contributed by atoms with van der Waals surface area (Å²) in [7, 11) is -3.66. The Hall–Kier alpha value is -2.22. The smallest absolute Gasteiger partial charge is 0.252 e. The quantitative estimate of drug-likeness (QED) is 0.761. The number of sulfonamides is 1. The van der Waals surface area contributed by atoms with E-state index in [0.717, 1.165) is 11.1 Å². The van der Waals surface area contributed by atoms with Gasteiger partial charge in [-0.15, -0.1) is 0 Å². The average molecular weight is 445 g/mol. The van der Waals surface area contributed by atoms with Crippen LogP contribution < -0.4 is 5.32 Å². The third-order valence-corrected chi connectivity index (χ3v) is 7.58. The van der Waals surface area contributed by atoms with Crippen molar-refractivity contribution in [3.05, 3.63) is 64.7 Å². The maximum absolute atomic E-state index is 13.0. The van der Waals surface area contributed by atoms with Gasteiger partial charge in [-0.25, -0.2) is 8.42 Å². The standard InChI is InChI=1S/C24H32N2O4S/c1-17-6-11-21(31(28,29)26-12-14-30-15-13-26)16-22(17)23(27)25-18(2)19-7-9-20(10-8-19)24(3,4)5/h6-11,16,18H,12-15H2,1-5H3,(H,25,27). The Morgan fingerprint density at radius 3 is 2.26 bits per heavy atom. The van der Waals surface area contributed by atoms with E-state index >= 15 is 0 Å². The van der Waals surface area contributed by atoms with E-state index in [9.17, 15) is 13.2 Å². The summed E-state index contributed by atoms with van der Waals surface area (Å²) in [6.07, 6.45) is 0. The van der Waals surface area contributed by atoms with Crippen molar-refractivity contribution in [3.8, 4) is 0 Å². The van der Waals surface area contributed by atoms with Gasteiger partial charge < -0.3 is 10.1 Å². The summed E-state index contributed by atoms with van der Waals surface area (Å²) in [6.45, 7) is 11.6. The molecule has 1 amide bonds. The van der Waals surface area contributed by atoms with E-state index < -0.39 is 10.0 Å². The van der Waals surface area contributed by atoms with Gasteiger partial charge >= 0.3 is 0 Å². The molecule has 0 radical (unpaired) electrons. The Balaban J connectivity index is 1.79. The fourth-order valence-corrected chi connectivity index (χ4v) is 5.01. The van der Waals surface area contributed by atoms with Crippen LogP contribution in [0.15, 0.2) is 47.4 Å². The van der Waals surface area contributed by atoms with Crippen LogP contribution in [0, 0.1) is 6.92 Å². The van der Waals surface area contributed by atoms with Gasteiger partial charge in [0.05, 0.1) is 24.2 Å². The summed E-state index contributed by atoms with van der Waals surface area (Å²) in [5, 5.41) is 3.00. The number of hydrogen-bond donors (Lipinski definition) is 1. The van der Waals surface area contributed by atoms with Gasteiger partial charge in [0, 0.05) is 18.7 Å². The number of nitrogens with zero attached hydrogens (tertiary/aromatic N) is 1. The zero-order valence-electron chi connectivity index (χ0n) is 18.9. The summed E-state index contributed by atoms with van der Waals surface area (Å²) in [4.78, 5) is 13.1. The molecule has 31 heavy (non-hydrogen) atoms. The predicted octanol–water partition coefficient (Wildman–Crippen LogP) is 3.80. The van der Waals surface area contributed by atoms with E-state index in [1.807, 2.05) is 26.0 Å². The van der Waals surface area contributed by atoms with Gasteiger partial charge in [0.15, 0.2) is 0 Å². The van der Waals surface area contributed by atoms with E-state index in [1.54, 1.807) is 12.1 Å². The SMILES string of the molecule is Cc1ccc(S(=O)(=O)N2CCOCC2)cc1C(=O)NC(C)c1ccc(C(C)(C)C)cc1. The molecule has 1 aliphatic rings. The predicted molar refractivity (Wildman–Crippen MR) is 122 cm³/mol. The van der Waals surface area contributed by atoms with E-state index in [1.165, 1.54) is 15.9 Å². The van der Waals surface area contributed by atoms with E-state index in [-0.39, 0.29) is 22.3 Å². The lowest BCUT2D eigenvalue weighted by Crippen LogP contribution is -2.40. The van der Waals surface area contributed by atoms with Crippen LogP contribution in [0.1, 0.15) is 60.8 Å². The Morgan fingerprint density at radius 1 is 1.06 bits per heavy atom. The van der Waals surface area contributed by atoms with E-state index in [2.05, 4.69) is 38.2 Å². The number of benzene rings is 2. The summed E-state index contributed by atoms with van der Waals surface area (Å²) >= 11 is 0. The first-order chi connectivity index (χ1) is 14.5. The fourth-order valence-electron chi connectivity index (χ4n) is 3.57. The minimum atomic E-state index is -3.66. The molecule has 1 atom stereocenters. The number of rotatable bonds is 5. The maximum Gasteiger partial charge on any atom is 0.252 e. The zero-order chi connectivity index (χ0) is 22.8. The number of carbonyl (C=O) groups is 1. The number of carbonyl (C=O) groups excluding carboxylic acids is 1. The van der Waals surface area contributed by atoms with Crippen LogP contribution in [0.5, 0.6) is 0 Å². The number of morpholine rings is 1. The molecule has 7 heteroatoms. The van der Waals surface area contributed by atoms with Crippen molar-refractivity contribution in [2.24, 2.45) is 0 Å². The molecule has 0 bridgehead atoms. The molecule has 2 aromatic carbocycles. The van der Waals surface area contributed by atoms with Crippen LogP contribution >= 0.6 is 0 Å². The van der Waals surface area contributed by atoms with Crippen LogP contribution in [0.4, 0.5) is 0 Å². The minimum Gasteiger partial charge on any atom is -0.379 e. The van der Waals surface area contributed by atoms with Crippen LogP contribution in [0.25, 0.3) is 0 Å². The molecule has 0 spiro atoms. The molecular formula is C24H32N2O4S. The van der Waals surface area contributed by atoms with Gasteiger partial charge in [0.2, 0.25) is 10.0 Å². The summed E-state index contributed by atoms with van der Waals surface area (Å²) in [5.41, 5.74) is 3.39. The summed E-state index contributed by atoms with van der Waals surface area (Å²) in [6, 6.07) is 12.7. The van der Waals surface area contributed by atoms with Gasteiger partial charge in [0.1, 0.15) is 0 Å². The van der Waals surface area contributed by atoms with Gasteiger partial charge in [-0.05, 0) is 48.1 Å². The van der Waals surface area contributed by atoms with Crippen molar-refractivity contribution in [2.75, 3.05) is 26.3 Å². The maximum atomic E-state index is 13.0. The van der Waals surface area contributed by atoms with E-state index in [0.29, 0.717) is 31.9 Å². The largest absolute Gasteiger partial charge is 0.379 e. The van der Waals surface area contributed by atoms with Crippen molar-refractivity contribution >= 4 is 15.9 Å². The lowest BCUT2D eigenvalue weighted by atomic mass is 9.86. The highest BCUT2D eigenvalue weighted by Gasteiger charge is 2.27. The molecule has 2 aromatic rings. The van der Waals surface area contributed by atoms with E-state index in [4.69, 9.17) is 4.74 Å². The summed E-state index contributed by atoms with van der Waals surface area (Å²) in [5.74, 6) is -0.288. The number of nitrogens with one attached hydrogen (secondary N) is 1. The van der Waals surface area contributed by atoms with Crippen molar-refractivity contribution in [1.29, 1.82) is 0 Å². The minimum absolute atomic E-state index is 0.0640. The third kappa shape index (κ3) is 5.34. The number of ether oxygens (including phenoxy) is 1. The molecule has 0 aromatic heterocycles. The second kappa shape index (κ2) is 9.10. The first kappa shape index (κ1) is 23.4. The molecule has 6 nitrogen and oxygen atoms in total. The Bertz CT molecular complexity index is 1030. The van der Waals surface area contributed by atoms with Crippen LogP contribution in [0.3, 0.4) is 0 Å². The molecule has 1 heterocycles. The molecule has 0 saturated carbocycles. The van der Waals surface area contributed by atoms with Crippen molar-refractivity contribution in [2.45, 2.75) is 51.0 Å².